The molecule has 0 aliphatic carbocycles. The zero-order valence-electron chi connectivity index (χ0n) is 11.6. The van der Waals surface area contributed by atoms with Gasteiger partial charge in [-0.1, -0.05) is 13.3 Å². The van der Waals surface area contributed by atoms with Gasteiger partial charge in [-0.15, -0.1) is 0 Å². The second kappa shape index (κ2) is 7.22. The Morgan fingerprint density at radius 1 is 1.48 bits per heavy atom. The number of ether oxygens (including phenoxy) is 1. The molecule has 1 aromatic heterocycles. The molecule has 120 valence electrons. The van der Waals surface area contributed by atoms with Gasteiger partial charge in [-0.2, -0.15) is 0 Å². The van der Waals surface area contributed by atoms with Crippen LogP contribution in [0.3, 0.4) is 0 Å². The van der Waals surface area contributed by atoms with Gasteiger partial charge < -0.3 is 9.30 Å². The predicted molar refractivity (Wildman–Crippen MR) is 73.3 cm³/mol. The molecule has 1 unspecified atom stereocenters. The van der Waals surface area contributed by atoms with Gasteiger partial charge in [-0.3, -0.25) is 0 Å². The van der Waals surface area contributed by atoms with Crippen molar-refractivity contribution in [1.82, 2.24) is 4.57 Å². The number of carbonyl (C=O) groups excluding carboxylic acids is 1. The lowest BCUT2D eigenvalue weighted by molar-refractivity contribution is 0.0305. The van der Waals surface area contributed by atoms with Crippen molar-refractivity contribution in [3.63, 3.8) is 0 Å². The molecular formula is C12H16ClF2NO4S. The number of aromatic nitrogens is 1. The minimum Gasteiger partial charge on any atom is -0.458 e. The lowest BCUT2D eigenvalue weighted by Crippen LogP contribution is -2.19. The van der Waals surface area contributed by atoms with Gasteiger partial charge >= 0.3 is 5.97 Å². The number of hydrogen-bond donors (Lipinski definition) is 0. The van der Waals surface area contributed by atoms with Gasteiger partial charge in [0, 0.05) is 16.9 Å². The van der Waals surface area contributed by atoms with Crippen molar-refractivity contribution in [2.75, 3.05) is 0 Å². The molecule has 0 saturated heterocycles. The molecule has 0 bridgehead atoms. The molecule has 5 nitrogen and oxygen atoms in total. The van der Waals surface area contributed by atoms with E-state index in [1.54, 1.807) is 6.92 Å². The second-order valence-electron chi connectivity index (χ2n) is 4.55. The van der Waals surface area contributed by atoms with E-state index in [4.69, 9.17) is 15.4 Å². The third-order valence-corrected chi connectivity index (χ3v) is 4.02. The Morgan fingerprint density at radius 2 is 2.10 bits per heavy atom. The number of hydrogen-bond acceptors (Lipinski definition) is 4. The summed E-state index contributed by atoms with van der Waals surface area (Å²) in [5.74, 6) is -0.858. The van der Waals surface area contributed by atoms with E-state index in [1.165, 1.54) is 0 Å². The Bertz CT molecular complexity index is 600. The van der Waals surface area contributed by atoms with Crippen molar-refractivity contribution in [3.8, 4) is 0 Å². The largest absolute Gasteiger partial charge is 0.458 e. The molecule has 1 rings (SSSR count). The van der Waals surface area contributed by atoms with Crippen molar-refractivity contribution in [1.29, 1.82) is 0 Å². The first-order chi connectivity index (χ1) is 9.65. The first-order valence-corrected chi connectivity index (χ1v) is 8.60. The number of nitrogens with zero attached hydrogens (tertiary/aromatic N) is 1. The van der Waals surface area contributed by atoms with Gasteiger partial charge in [0.15, 0.2) is 0 Å². The molecule has 21 heavy (non-hydrogen) atoms. The van der Waals surface area contributed by atoms with Gasteiger partial charge in [0.05, 0.1) is 12.6 Å². The smallest absolute Gasteiger partial charge is 0.355 e. The fourth-order valence-corrected chi connectivity index (χ4v) is 2.55. The summed E-state index contributed by atoms with van der Waals surface area (Å²) in [6.45, 7) is 2.75. The van der Waals surface area contributed by atoms with Gasteiger partial charge in [-0.05, 0) is 19.4 Å². The zero-order chi connectivity index (χ0) is 16.2. The van der Waals surface area contributed by atoms with Crippen molar-refractivity contribution < 1.29 is 26.7 Å². The third-order valence-electron chi connectivity index (χ3n) is 2.70. The Balaban J connectivity index is 3.08. The van der Waals surface area contributed by atoms with Crippen LogP contribution in [0.5, 0.6) is 0 Å². The first-order valence-electron chi connectivity index (χ1n) is 6.29. The number of carbonyl (C=O) groups is 1. The Kier molecular flexibility index (Phi) is 6.15. The van der Waals surface area contributed by atoms with Crippen LogP contribution in [0.4, 0.5) is 8.78 Å². The van der Waals surface area contributed by atoms with E-state index in [9.17, 15) is 22.0 Å². The van der Waals surface area contributed by atoms with Crippen molar-refractivity contribution in [2.45, 2.75) is 50.7 Å². The quantitative estimate of drug-likeness (QED) is 0.564. The van der Waals surface area contributed by atoms with Crippen molar-refractivity contribution in [2.24, 2.45) is 0 Å². The second-order valence-corrected chi connectivity index (χ2v) is 7.11. The SMILES string of the molecule is CCCC(C)OC(=O)c1cc(S(=O)(=O)Cl)cn1CC(F)F. The summed E-state index contributed by atoms with van der Waals surface area (Å²) in [6, 6.07) is 0.936. The maximum atomic E-state index is 12.5. The molecule has 0 aromatic carbocycles. The minimum absolute atomic E-state index is 0.266. The van der Waals surface area contributed by atoms with Gasteiger partial charge in [0.25, 0.3) is 15.5 Å². The normalized spacial score (nSPS) is 13.4. The van der Waals surface area contributed by atoms with Crippen LogP contribution < -0.4 is 0 Å². The Labute approximate surface area is 126 Å². The Morgan fingerprint density at radius 3 is 2.57 bits per heavy atom. The highest BCUT2D eigenvalue weighted by Gasteiger charge is 2.23. The predicted octanol–water partition coefficient (Wildman–Crippen LogP) is 3.03. The highest BCUT2D eigenvalue weighted by atomic mass is 35.7. The van der Waals surface area contributed by atoms with E-state index < -0.39 is 39.0 Å². The molecule has 1 heterocycles. The molecule has 0 aliphatic heterocycles. The van der Waals surface area contributed by atoms with Gasteiger partial charge in [0.1, 0.15) is 10.6 Å². The lowest BCUT2D eigenvalue weighted by Gasteiger charge is -2.13. The Hall–Kier alpha value is -1.15. The van der Waals surface area contributed by atoms with Gasteiger partial charge in [-0.25, -0.2) is 22.0 Å². The molecule has 0 amide bonds. The molecule has 1 atom stereocenters. The van der Waals surface area contributed by atoms with E-state index >= 15 is 0 Å². The monoisotopic (exact) mass is 343 g/mol. The summed E-state index contributed by atoms with van der Waals surface area (Å²) in [7, 11) is 1.05. The molecule has 0 N–H and O–H groups in total. The fraction of sp³-hybridized carbons (Fsp3) is 0.583. The standard InChI is InChI=1S/C12H16ClF2NO4S/c1-3-4-8(2)20-12(17)10-5-9(21(13,18)19)6-16(10)7-11(14)15/h5-6,8,11H,3-4,7H2,1-2H3. The van der Waals surface area contributed by atoms with Crippen molar-refractivity contribution in [3.05, 3.63) is 18.0 Å². The molecular weight excluding hydrogens is 328 g/mol. The van der Waals surface area contributed by atoms with Crippen LogP contribution in [-0.2, 0) is 20.3 Å². The van der Waals surface area contributed by atoms with Crippen LogP contribution in [0, 0.1) is 0 Å². The van der Waals surface area contributed by atoms with E-state index in [1.807, 2.05) is 6.92 Å². The molecule has 0 spiro atoms. The maximum absolute atomic E-state index is 12.5. The van der Waals surface area contributed by atoms with Crippen LogP contribution in [0.2, 0.25) is 0 Å². The number of rotatable bonds is 7. The van der Waals surface area contributed by atoms with Crippen molar-refractivity contribution >= 4 is 25.7 Å². The van der Waals surface area contributed by atoms with Crippen LogP contribution in [0.1, 0.15) is 37.2 Å². The number of alkyl halides is 2. The molecule has 9 heteroatoms. The molecule has 0 aliphatic rings. The summed E-state index contributed by atoms with van der Waals surface area (Å²) < 4.78 is 53.4. The molecule has 0 fully saturated rings. The minimum atomic E-state index is -4.11. The lowest BCUT2D eigenvalue weighted by atomic mass is 10.2. The topological polar surface area (TPSA) is 65.4 Å². The maximum Gasteiger partial charge on any atom is 0.355 e. The highest BCUT2D eigenvalue weighted by Crippen LogP contribution is 2.21. The van der Waals surface area contributed by atoms with Crippen LogP contribution in [-0.4, -0.2) is 31.5 Å². The average molecular weight is 344 g/mol. The van der Waals surface area contributed by atoms with Crippen LogP contribution in [0.25, 0.3) is 0 Å². The molecule has 0 radical (unpaired) electrons. The summed E-state index contributed by atoms with van der Waals surface area (Å²) in [4.78, 5) is 11.5. The van der Waals surface area contributed by atoms with E-state index in [0.29, 0.717) is 6.42 Å². The van der Waals surface area contributed by atoms with Crippen LogP contribution >= 0.6 is 10.7 Å². The molecule has 1 aromatic rings. The van der Waals surface area contributed by atoms with E-state index in [-0.39, 0.29) is 5.69 Å². The highest BCUT2D eigenvalue weighted by molar-refractivity contribution is 8.13. The summed E-state index contributed by atoms with van der Waals surface area (Å²) in [5.41, 5.74) is -0.266. The molecule has 0 saturated carbocycles. The summed E-state index contributed by atoms with van der Waals surface area (Å²) in [5, 5.41) is 0. The summed E-state index contributed by atoms with van der Waals surface area (Å²) >= 11 is 0. The average Bonchev–Trinajstić information content (AvgIpc) is 2.71. The van der Waals surface area contributed by atoms with E-state index in [0.717, 1.165) is 23.3 Å². The summed E-state index contributed by atoms with van der Waals surface area (Å²) in [6.07, 6.45) is -0.845. The van der Waals surface area contributed by atoms with Gasteiger partial charge in [0.2, 0.25) is 0 Å². The van der Waals surface area contributed by atoms with E-state index in [2.05, 4.69) is 0 Å². The third kappa shape index (κ3) is 5.28. The zero-order valence-corrected chi connectivity index (χ0v) is 13.1. The first kappa shape index (κ1) is 17.9. The number of halogens is 3. The number of esters is 1. The van der Waals surface area contributed by atoms with Crippen LogP contribution in [0.15, 0.2) is 17.2 Å². The fourth-order valence-electron chi connectivity index (χ4n) is 1.80.